The molecule has 1 aromatic heterocycles. The van der Waals surface area contributed by atoms with Gasteiger partial charge in [-0.1, -0.05) is 0 Å². The lowest BCUT2D eigenvalue weighted by molar-refractivity contribution is -0.461. The van der Waals surface area contributed by atoms with Crippen molar-refractivity contribution in [3.05, 3.63) is 71.5 Å². The smallest absolute Gasteiger partial charge is 0.457 e. The van der Waals surface area contributed by atoms with Crippen LogP contribution < -0.4 is 20.1 Å². The summed E-state index contributed by atoms with van der Waals surface area (Å²) >= 11 is 0. The van der Waals surface area contributed by atoms with Gasteiger partial charge >= 0.3 is 18.4 Å². The highest BCUT2D eigenvalue weighted by Gasteiger charge is 2.54. The van der Waals surface area contributed by atoms with E-state index in [1.165, 1.54) is 12.3 Å². The number of amides is 2. The number of anilines is 2. The molecule has 0 atom stereocenters. The van der Waals surface area contributed by atoms with Crippen LogP contribution in [0.2, 0.25) is 0 Å². The minimum absolute atomic E-state index is 0.100. The second-order valence-electron chi connectivity index (χ2n) is 7.04. The number of fused-ring (bicyclic) bond motifs is 1. The molecule has 2 heterocycles. The van der Waals surface area contributed by atoms with Crippen LogP contribution in [0.3, 0.4) is 0 Å². The van der Waals surface area contributed by atoms with Gasteiger partial charge in [0.25, 0.3) is 0 Å². The first-order chi connectivity index (χ1) is 16.0. The number of hydrogen-bond acceptors (Lipinski definition) is 6. The predicted octanol–water partition coefficient (Wildman–Crippen LogP) is 5.71. The molecular weight excluding hydrogens is 460 g/mol. The number of nitriles is 1. The molecule has 0 bridgehead atoms. The van der Waals surface area contributed by atoms with E-state index in [4.69, 9.17) is 10.00 Å². The highest BCUT2D eigenvalue weighted by molar-refractivity contribution is 6.00. The molecule has 3 aromatic rings. The minimum atomic E-state index is -4.48. The Morgan fingerprint density at radius 2 is 1.82 bits per heavy atom. The molecule has 174 valence electrons. The molecule has 0 saturated heterocycles. The van der Waals surface area contributed by atoms with Gasteiger partial charge in [0, 0.05) is 23.6 Å². The van der Waals surface area contributed by atoms with E-state index in [0.717, 1.165) is 18.2 Å². The fraction of sp³-hybridized carbons (Fsp3) is 0.136. The van der Waals surface area contributed by atoms with E-state index in [-0.39, 0.29) is 11.4 Å². The van der Waals surface area contributed by atoms with Gasteiger partial charge in [-0.25, -0.2) is 14.5 Å². The SMILES string of the molecule is Cc1cc(Oc2ccnc(C#N)c2)ccc1NC(=O)Nc1ccc2c(c1)C(F)(F)OC(F)(F)O2. The van der Waals surface area contributed by atoms with E-state index in [1.54, 1.807) is 31.2 Å². The number of benzene rings is 2. The third-order valence-corrected chi connectivity index (χ3v) is 4.55. The Labute approximate surface area is 189 Å². The zero-order chi connectivity index (χ0) is 24.5. The molecule has 1 aliphatic heterocycles. The summed E-state index contributed by atoms with van der Waals surface area (Å²) in [6.45, 7) is 1.70. The van der Waals surface area contributed by atoms with E-state index < -0.39 is 29.7 Å². The van der Waals surface area contributed by atoms with Crippen molar-refractivity contribution < 1.29 is 36.6 Å². The van der Waals surface area contributed by atoms with Gasteiger partial charge in [-0.15, -0.1) is 8.78 Å². The maximum atomic E-state index is 13.9. The number of aromatic nitrogens is 1. The molecule has 0 fully saturated rings. The number of rotatable bonds is 4. The van der Waals surface area contributed by atoms with Crippen molar-refractivity contribution in [2.45, 2.75) is 19.3 Å². The van der Waals surface area contributed by atoms with Crippen molar-refractivity contribution in [3.8, 4) is 23.3 Å². The maximum absolute atomic E-state index is 13.9. The van der Waals surface area contributed by atoms with Crippen LogP contribution in [0.1, 0.15) is 16.8 Å². The fourth-order valence-corrected chi connectivity index (χ4v) is 3.07. The number of nitrogens with one attached hydrogen (secondary N) is 2. The summed E-state index contributed by atoms with van der Waals surface area (Å²) in [5.74, 6) is 0.0707. The molecule has 34 heavy (non-hydrogen) atoms. The summed E-state index contributed by atoms with van der Waals surface area (Å²) in [7, 11) is 0. The van der Waals surface area contributed by atoms with Crippen LogP contribution in [-0.4, -0.2) is 17.3 Å². The number of aryl methyl sites for hydroxylation is 1. The van der Waals surface area contributed by atoms with E-state index >= 15 is 0 Å². The van der Waals surface area contributed by atoms with Crippen LogP contribution in [0.25, 0.3) is 0 Å². The summed E-state index contributed by atoms with van der Waals surface area (Å²) in [6.07, 6.45) is -7.37. The van der Waals surface area contributed by atoms with Crippen molar-refractivity contribution in [2.24, 2.45) is 0 Å². The highest BCUT2D eigenvalue weighted by atomic mass is 19.3. The van der Waals surface area contributed by atoms with Crippen molar-refractivity contribution in [2.75, 3.05) is 10.6 Å². The summed E-state index contributed by atoms with van der Waals surface area (Å²) in [4.78, 5) is 16.2. The van der Waals surface area contributed by atoms with Crippen LogP contribution in [0.15, 0.2) is 54.7 Å². The van der Waals surface area contributed by atoms with Gasteiger partial charge in [0.05, 0.1) is 5.56 Å². The first kappa shape index (κ1) is 22.8. The molecule has 0 radical (unpaired) electrons. The molecule has 8 nitrogen and oxygen atoms in total. The van der Waals surface area contributed by atoms with E-state index in [2.05, 4.69) is 25.1 Å². The van der Waals surface area contributed by atoms with Crippen LogP contribution in [0.5, 0.6) is 17.2 Å². The van der Waals surface area contributed by atoms with Gasteiger partial charge in [-0.2, -0.15) is 14.0 Å². The average molecular weight is 474 g/mol. The topological polar surface area (TPSA) is 106 Å². The molecule has 0 unspecified atom stereocenters. The number of alkyl halides is 4. The maximum Gasteiger partial charge on any atom is 0.540 e. The summed E-state index contributed by atoms with van der Waals surface area (Å²) < 4.78 is 67.2. The lowest BCUT2D eigenvalue weighted by Crippen LogP contribution is -2.41. The molecule has 0 spiro atoms. The molecule has 2 N–H and O–H groups in total. The molecule has 0 aliphatic carbocycles. The third kappa shape index (κ3) is 5.00. The molecule has 2 aromatic carbocycles. The third-order valence-electron chi connectivity index (χ3n) is 4.55. The zero-order valence-electron chi connectivity index (χ0n) is 17.2. The zero-order valence-corrected chi connectivity index (χ0v) is 17.2. The molecule has 12 heteroatoms. The van der Waals surface area contributed by atoms with Crippen LogP contribution in [0.4, 0.5) is 33.7 Å². The summed E-state index contributed by atoms with van der Waals surface area (Å²) in [5.41, 5.74) is 0.146. The van der Waals surface area contributed by atoms with Crippen molar-refractivity contribution >= 4 is 17.4 Å². The number of nitrogens with zero attached hydrogens (tertiary/aromatic N) is 2. The highest BCUT2D eigenvalue weighted by Crippen LogP contribution is 2.46. The first-order valence-electron chi connectivity index (χ1n) is 9.57. The Hall–Kier alpha value is -4.37. The van der Waals surface area contributed by atoms with Gasteiger partial charge in [0.1, 0.15) is 29.0 Å². The standard InChI is InChI=1S/C22H14F4N4O4/c1-12-8-15(32-16-6-7-28-14(9-16)11-27)3-4-18(12)30-20(31)29-13-2-5-19-17(10-13)21(23,24)34-22(25,26)33-19/h2-10H,1H3,(H2,29,30,31). The molecular formula is C22H14F4N4O4. The minimum Gasteiger partial charge on any atom is -0.457 e. The van der Waals surface area contributed by atoms with Crippen LogP contribution >= 0.6 is 0 Å². The van der Waals surface area contributed by atoms with E-state index in [0.29, 0.717) is 22.7 Å². The number of halogens is 4. The Morgan fingerprint density at radius 3 is 2.56 bits per heavy atom. The number of carbonyl (C=O) groups is 1. The Balaban J connectivity index is 1.44. The van der Waals surface area contributed by atoms with Gasteiger partial charge in [-0.3, -0.25) is 0 Å². The Morgan fingerprint density at radius 1 is 1.06 bits per heavy atom. The number of pyridine rings is 1. The molecule has 2 amide bonds. The number of hydrogen-bond donors (Lipinski definition) is 2. The van der Waals surface area contributed by atoms with Crippen molar-refractivity contribution in [3.63, 3.8) is 0 Å². The van der Waals surface area contributed by atoms with Crippen molar-refractivity contribution in [1.82, 2.24) is 4.98 Å². The summed E-state index contributed by atoms with van der Waals surface area (Å²) in [6, 6.07) is 11.7. The van der Waals surface area contributed by atoms with E-state index in [9.17, 15) is 22.4 Å². The number of carbonyl (C=O) groups excluding carboxylic acids is 1. The second-order valence-corrected chi connectivity index (χ2v) is 7.04. The molecule has 1 aliphatic rings. The lowest BCUT2D eigenvalue weighted by atomic mass is 10.1. The average Bonchev–Trinajstić information content (AvgIpc) is 2.75. The van der Waals surface area contributed by atoms with Gasteiger partial charge in [0.15, 0.2) is 0 Å². The largest absolute Gasteiger partial charge is 0.540 e. The monoisotopic (exact) mass is 474 g/mol. The predicted molar refractivity (Wildman–Crippen MR) is 110 cm³/mol. The van der Waals surface area contributed by atoms with Gasteiger partial charge < -0.3 is 20.1 Å². The van der Waals surface area contributed by atoms with Gasteiger partial charge in [-0.05, 0) is 55.0 Å². The quantitative estimate of drug-likeness (QED) is 0.470. The van der Waals surface area contributed by atoms with E-state index in [1.807, 2.05) is 6.07 Å². The Bertz CT molecular complexity index is 1310. The first-order valence-corrected chi connectivity index (χ1v) is 9.57. The Kier molecular flexibility index (Phi) is 5.72. The normalized spacial score (nSPS) is 15.3. The van der Waals surface area contributed by atoms with Crippen LogP contribution in [-0.2, 0) is 10.8 Å². The van der Waals surface area contributed by atoms with Crippen LogP contribution in [0, 0.1) is 18.3 Å². The number of urea groups is 1. The fourth-order valence-electron chi connectivity index (χ4n) is 3.07. The van der Waals surface area contributed by atoms with Crippen molar-refractivity contribution in [1.29, 1.82) is 5.26 Å². The number of ether oxygens (including phenoxy) is 3. The molecule has 0 saturated carbocycles. The van der Waals surface area contributed by atoms with Gasteiger partial charge in [0.2, 0.25) is 0 Å². The molecule has 4 rings (SSSR count). The summed E-state index contributed by atoms with van der Waals surface area (Å²) in [5, 5.41) is 13.8. The lowest BCUT2D eigenvalue weighted by Gasteiger charge is -2.30. The second kappa shape index (κ2) is 8.53.